The summed E-state index contributed by atoms with van der Waals surface area (Å²) in [5.41, 5.74) is 1.94. The fourth-order valence-corrected chi connectivity index (χ4v) is 3.28. The molecule has 2 aromatic rings. The van der Waals surface area contributed by atoms with Gasteiger partial charge in [0.15, 0.2) is 11.5 Å². The number of methoxy groups -OCH3 is 2. The van der Waals surface area contributed by atoms with Crippen molar-refractivity contribution >= 4 is 22.6 Å². The Hall–Kier alpha value is -3.01. The Morgan fingerprint density at radius 1 is 1.28 bits per heavy atom. The molecular formula is C18H19N3O4. The number of carboxylic acid groups (broad SMARTS) is 1. The fourth-order valence-electron chi connectivity index (χ4n) is 3.28. The Balaban J connectivity index is 2.09. The van der Waals surface area contributed by atoms with Crippen LogP contribution in [-0.4, -0.2) is 43.4 Å². The maximum absolute atomic E-state index is 11.2. The summed E-state index contributed by atoms with van der Waals surface area (Å²) in [5.74, 6) is 0.0481. The molecule has 1 aromatic carbocycles. The zero-order valence-corrected chi connectivity index (χ0v) is 14.2. The van der Waals surface area contributed by atoms with Gasteiger partial charge in [-0.2, -0.15) is 5.26 Å². The van der Waals surface area contributed by atoms with Crippen LogP contribution in [0.5, 0.6) is 11.5 Å². The quantitative estimate of drug-likeness (QED) is 0.912. The summed E-state index contributed by atoms with van der Waals surface area (Å²) >= 11 is 0. The molecule has 1 aliphatic rings. The van der Waals surface area contributed by atoms with Crippen LogP contribution in [-0.2, 0) is 4.79 Å². The molecule has 7 nitrogen and oxygen atoms in total. The molecule has 0 bridgehead atoms. The van der Waals surface area contributed by atoms with Crippen molar-refractivity contribution < 1.29 is 19.4 Å². The third-order valence-electron chi connectivity index (χ3n) is 4.63. The van der Waals surface area contributed by atoms with Crippen LogP contribution in [0.1, 0.15) is 18.4 Å². The molecule has 1 aromatic heterocycles. The molecular weight excluding hydrogens is 322 g/mol. The van der Waals surface area contributed by atoms with E-state index in [1.54, 1.807) is 26.5 Å². The molecule has 1 aliphatic heterocycles. The highest BCUT2D eigenvalue weighted by atomic mass is 16.5. The Kier molecular flexibility index (Phi) is 4.61. The second-order valence-corrected chi connectivity index (χ2v) is 5.96. The van der Waals surface area contributed by atoms with Gasteiger partial charge in [-0.25, -0.2) is 0 Å². The fraction of sp³-hybridized carbons (Fsp3) is 0.389. The van der Waals surface area contributed by atoms with Crippen molar-refractivity contribution in [3.05, 3.63) is 23.9 Å². The van der Waals surface area contributed by atoms with Crippen LogP contribution in [0.25, 0.3) is 10.9 Å². The van der Waals surface area contributed by atoms with Crippen molar-refractivity contribution in [2.24, 2.45) is 5.92 Å². The maximum Gasteiger partial charge on any atom is 0.306 e. The van der Waals surface area contributed by atoms with Crippen LogP contribution >= 0.6 is 0 Å². The van der Waals surface area contributed by atoms with Crippen LogP contribution in [0.2, 0.25) is 0 Å². The van der Waals surface area contributed by atoms with E-state index in [1.165, 1.54) is 0 Å². The molecule has 130 valence electrons. The summed E-state index contributed by atoms with van der Waals surface area (Å²) in [6.45, 7) is 1.16. The Morgan fingerprint density at radius 3 is 2.48 bits per heavy atom. The number of benzene rings is 1. The van der Waals surface area contributed by atoms with Crippen LogP contribution in [0.15, 0.2) is 18.3 Å². The number of nitrogens with zero attached hydrogens (tertiary/aromatic N) is 3. The molecule has 2 heterocycles. The number of aliphatic carboxylic acids is 1. The van der Waals surface area contributed by atoms with Gasteiger partial charge in [0.05, 0.1) is 36.9 Å². The largest absolute Gasteiger partial charge is 0.493 e. The Labute approximate surface area is 145 Å². The second kappa shape index (κ2) is 6.85. The molecule has 0 amide bonds. The molecule has 1 saturated heterocycles. The van der Waals surface area contributed by atoms with E-state index in [0.717, 1.165) is 11.1 Å². The first kappa shape index (κ1) is 16.8. The van der Waals surface area contributed by atoms with Gasteiger partial charge in [-0.15, -0.1) is 0 Å². The van der Waals surface area contributed by atoms with Gasteiger partial charge in [0.25, 0.3) is 0 Å². The molecule has 0 atom stereocenters. The van der Waals surface area contributed by atoms with E-state index < -0.39 is 5.97 Å². The number of piperidine rings is 1. The standard InChI is InChI=1S/C18H19N3O4/c1-24-15-7-13-14(8-16(15)25-2)20-10-12(9-19)17(13)21-5-3-11(4-6-21)18(22)23/h7-8,10-11H,3-6H2,1-2H3,(H,22,23). The normalized spacial score (nSPS) is 15.0. The number of fused-ring (bicyclic) bond motifs is 1. The van der Waals surface area contributed by atoms with Gasteiger partial charge in [0.1, 0.15) is 6.07 Å². The summed E-state index contributed by atoms with van der Waals surface area (Å²) in [4.78, 5) is 17.6. The summed E-state index contributed by atoms with van der Waals surface area (Å²) in [6, 6.07) is 5.79. The highest BCUT2D eigenvalue weighted by Gasteiger charge is 2.27. The number of aromatic nitrogens is 1. The summed E-state index contributed by atoms with van der Waals surface area (Å²) in [5, 5.41) is 19.5. The van der Waals surface area contributed by atoms with Gasteiger partial charge in [-0.05, 0) is 18.9 Å². The van der Waals surface area contributed by atoms with E-state index in [9.17, 15) is 15.2 Å². The highest BCUT2D eigenvalue weighted by Crippen LogP contribution is 2.38. The number of pyridine rings is 1. The third kappa shape index (κ3) is 3.03. The number of carbonyl (C=O) groups is 1. The van der Waals surface area contributed by atoms with Gasteiger partial charge in [0.2, 0.25) is 0 Å². The van der Waals surface area contributed by atoms with Crippen LogP contribution in [0.3, 0.4) is 0 Å². The van der Waals surface area contributed by atoms with Crippen LogP contribution < -0.4 is 14.4 Å². The number of nitriles is 1. The van der Waals surface area contributed by atoms with Crippen molar-refractivity contribution in [1.82, 2.24) is 4.98 Å². The minimum atomic E-state index is -0.758. The first-order chi connectivity index (χ1) is 12.1. The molecule has 0 unspecified atom stereocenters. The van der Waals surface area contributed by atoms with E-state index in [1.807, 2.05) is 6.07 Å². The summed E-state index contributed by atoms with van der Waals surface area (Å²) in [7, 11) is 3.12. The van der Waals surface area contributed by atoms with Crippen molar-refractivity contribution in [3.63, 3.8) is 0 Å². The lowest BCUT2D eigenvalue weighted by Gasteiger charge is -2.33. The van der Waals surface area contributed by atoms with Gasteiger partial charge in [-0.3, -0.25) is 9.78 Å². The monoisotopic (exact) mass is 341 g/mol. The van der Waals surface area contributed by atoms with E-state index in [4.69, 9.17) is 9.47 Å². The van der Waals surface area contributed by atoms with E-state index >= 15 is 0 Å². The number of hydrogen-bond donors (Lipinski definition) is 1. The van der Waals surface area contributed by atoms with Crippen molar-refractivity contribution in [1.29, 1.82) is 5.26 Å². The van der Waals surface area contributed by atoms with E-state index in [2.05, 4.69) is 16.0 Å². The third-order valence-corrected chi connectivity index (χ3v) is 4.63. The molecule has 0 saturated carbocycles. The minimum Gasteiger partial charge on any atom is -0.493 e. The summed E-state index contributed by atoms with van der Waals surface area (Å²) < 4.78 is 10.7. The Bertz CT molecular complexity index is 852. The van der Waals surface area contributed by atoms with Crippen LogP contribution in [0.4, 0.5) is 5.69 Å². The first-order valence-corrected chi connectivity index (χ1v) is 8.01. The zero-order chi connectivity index (χ0) is 18.0. The van der Waals surface area contributed by atoms with Crippen molar-refractivity contribution in [2.75, 3.05) is 32.2 Å². The highest BCUT2D eigenvalue weighted by molar-refractivity contribution is 5.96. The first-order valence-electron chi connectivity index (χ1n) is 8.01. The molecule has 25 heavy (non-hydrogen) atoms. The predicted octanol–water partition coefficient (Wildman–Crippen LogP) is 2.42. The average Bonchev–Trinajstić information content (AvgIpc) is 2.65. The molecule has 0 spiro atoms. The number of hydrogen-bond acceptors (Lipinski definition) is 6. The number of anilines is 1. The van der Waals surface area contributed by atoms with Crippen molar-refractivity contribution in [2.45, 2.75) is 12.8 Å². The van der Waals surface area contributed by atoms with Gasteiger partial charge < -0.3 is 19.5 Å². The molecule has 7 heteroatoms. The van der Waals surface area contributed by atoms with Gasteiger partial charge in [-0.1, -0.05) is 0 Å². The smallest absolute Gasteiger partial charge is 0.306 e. The molecule has 3 rings (SSSR count). The van der Waals surface area contributed by atoms with Crippen LogP contribution in [0, 0.1) is 17.2 Å². The van der Waals surface area contributed by atoms with Gasteiger partial charge in [0, 0.05) is 30.7 Å². The lowest BCUT2D eigenvalue weighted by atomic mass is 9.95. The lowest BCUT2D eigenvalue weighted by molar-refractivity contribution is -0.142. The topological polar surface area (TPSA) is 95.7 Å². The Morgan fingerprint density at radius 2 is 1.92 bits per heavy atom. The van der Waals surface area contributed by atoms with Crippen molar-refractivity contribution in [3.8, 4) is 17.6 Å². The second-order valence-electron chi connectivity index (χ2n) is 5.96. The maximum atomic E-state index is 11.2. The number of rotatable bonds is 4. The lowest BCUT2D eigenvalue weighted by Crippen LogP contribution is -2.36. The molecule has 0 aliphatic carbocycles. The number of carboxylic acids is 1. The zero-order valence-electron chi connectivity index (χ0n) is 14.2. The SMILES string of the molecule is COc1cc2ncc(C#N)c(N3CCC(C(=O)O)CC3)c2cc1OC. The molecule has 0 radical (unpaired) electrons. The van der Waals surface area contributed by atoms with E-state index in [0.29, 0.717) is 48.5 Å². The minimum absolute atomic E-state index is 0.329. The predicted molar refractivity (Wildman–Crippen MR) is 92.1 cm³/mol. The number of ether oxygens (including phenoxy) is 2. The molecule has 1 fully saturated rings. The average molecular weight is 341 g/mol. The molecule has 1 N–H and O–H groups in total. The summed E-state index contributed by atoms with van der Waals surface area (Å²) in [6.07, 6.45) is 2.65. The van der Waals surface area contributed by atoms with E-state index in [-0.39, 0.29) is 5.92 Å². The van der Waals surface area contributed by atoms with Gasteiger partial charge >= 0.3 is 5.97 Å².